The molecule has 3 rings (SSSR count). The minimum absolute atomic E-state index is 0.168. The normalized spacial score (nSPS) is 11.0. The summed E-state index contributed by atoms with van der Waals surface area (Å²) in [4.78, 5) is 11.7. The molecule has 0 radical (unpaired) electrons. The van der Waals surface area contributed by atoms with Crippen LogP contribution in [0.3, 0.4) is 0 Å². The summed E-state index contributed by atoms with van der Waals surface area (Å²) >= 11 is 0. The largest absolute Gasteiger partial charge is 0.484 e. The Morgan fingerprint density at radius 1 is 1.10 bits per heavy atom. The van der Waals surface area contributed by atoms with Crippen molar-refractivity contribution >= 4 is 11.0 Å². The first-order valence-electron chi connectivity index (χ1n) is 6.50. The van der Waals surface area contributed by atoms with E-state index in [2.05, 4.69) is 10.2 Å². The van der Waals surface area contributed by atoms with Crippen LogP contribution in [0.1, 0.15) is 22.9 Å². The molecule has 3 aromatic rings. The fourth-order valence-corrected chi connectivity index (χ4v) is 2.06. The van der Waals surface area contributed by atoms with Gasteiger partial charge in [-0.1, -0.05) is 0 Å². The Bertz CT molecular complexity index is 864. The van der Waals surface area contributed by atoms with Gasteiger partial charge >= 0.3 is 5.63 Å². The second-order valence-electron chi connectivity index (χ2n) is 4.80. The minimum Gasteiger partial charge on any atom is -0.484 e. The Morgan fingerprint density at radius 2 is 1.90 bits per heavy atom. The van der Waals surface area contributed by atoms with Crippen molar-refractivity contribution < 1.29 is 13.6 Å². The molecule has 0 atom stereocenters. The zero-order chi connectivity index (χ0) is 15.0. The Kier molecular flexibility index (Phi) is 3.21. The average molecular weight is 286 g/mol. The van der Waals surface area contributed by atoms with Gasteiger partial charge in [-0.3, -0.25) is 0 Å². The number of ether oxygens (including phenoxy) is 1. The lowest BCUT2D eigenvalue weighted by molar-refractivity contribution is 0.260. The van der Waals surface area contributed by atoms with Crippen molar-refractivity contribution in [1.29, 1.82) is 0 Å². The number of fused-ring (bicyclic) bond motifs is 1. The van der Waals surface area contributed by atoms with Crippen LogP contribution in [0.15, 0.2) is 31.8 Å². The zero-order valence-corrected chi connectivity index (χ0v) is 12.0. The maximum absolute atomic E-state index is 11.7. The Morgan fingerprint density at radius 3 is 2.62 bits per heavy atom. The average Bonchev–Trinajstić information content (AvgIpc) is 2.88. The molecule has 0 spiro atoms. The van der Waals surface area contributed by atoms with E-state index < -0.39 is 0 Å². The van der Waals surface area contributed by atoms with Crippen LogP contribution in [0, 0.1) is 20.8 Å². The van der Waals surface area contributed by atoms with Gasteiger partial charge in [0.05, 0.1) is 0 Å². The van der Waals surface area contributed by atoms with Gasteiger partial charge in [-0.25, -0.2) is 4.79 Å². The molecule has 6 heteroatoms. The highest BCUT2D eigenvalue weighted by Gasteiger charge is 2.09. The van der Waals surface area contributed by atoms with Crippen molar-refractivity contribution in [2.75, 3.05) is 0 Å². The Labute approximate surface area is 120 Å². The first-order valence-corrected chi connectivity index (χ1v) is 6.50. The summed E-state index contributed by atoms with van der Waals surface area (Å²) in [6.45, 7) is 5.53. The monoisotopic (exact) mass is 286 g/mol. The molecule has 108 valence electrons. The molecule has 0 unspecified atom stereocenters. The zero-order valence-electron chi connectivity index (χ0n) is 12.0. The highest BCUT2D eigenvalue weighted by Crippen LogP contribution is 2.24. The SMILES string of the molecule is Cc1nnc(COc2ccc3c(C)c(C)c(=O)oc3c2)o1. The summed E-state index contributed by atoms with van der Waals surface area (Å²) < 4.78 is 16.1. The molecule has 0 aliphatic rings. The number of nitrogens with zero attached hydrogens (tertiary/aromatic N) is 2. The highest BCUT2D eigenvalue weighted by atomic mass is 16.5. The lowest BCUT2D eigenvalue weighted by Gasteiger charge is -2.07. The molecule has 6 nitrogen and oxygen atoms in total. The number of hydrogen-bond donors (Lipinski definition) is 0. The highest BCUT2D eigenvalue weighted by molar-refractivity contribution is 5.82. The molecule has 2 aromatic heterocycles. The van der Waals surface area contributed by atoms with Crippen molar-refractivity contribution in [3.05, 3.63) is 51.5 Å². The van der Waals surface area contributed by atoms with E-state index in [0.29, 0.717) is 28.7 Å². The molecular weight excluding hydrogens is 272 g/mol. The predicted molar refractivity (Wildman–Crippen MR) is 75.3 cm³/mol. The smallest absolute Gasteiger partial charge is 0.339 e. The maximum Gasteiger partial charge on any atom is 0.339 e. The lowest BCUT2D eigenvalue weighted by Crippen LogP contribution is -2.05. The van der Waals surface area contributed by atoms with Crippen LogP contribution in [0.4, 0.5) is 0 Å². The number of hydrogen-bond acceptors (Lipinski definition) is 6. The molecule has 2 heterocycles. The van der Waals surface area contributed by atoms with E-state index >= 15 is 0 Å². The molecule has 0 aliphatic carbocycles. The number of benzene rings is 1. The van der Waals surface area contributed by atoms with E-state index in [-0.39, 0.29) is 12.2 Å². The van der Waals surface area contributed by atoms with Gasteiger partial charge in [0.15, 0.2) is 6.61 Å². The van der Waals surface area contributed by atoms with Gasteiger partial charge in [0.2, 0.25) is 5.89 Å². The van der Waals surface area contributed by atoms with Crippen molar-refractivity contribution in [3.63, 3.8) is 0 Å². The topological polar surface area (TPSA) is 78.4 Å². The van der Waals surface area contributed by atoms with Crippen molar-refractivity contribution in [1.82, 2.24) is 10.2 Å². The summed E-state index contributed by atoms with van der Waals surface area (Å²) in [6.07, 6.45) is 0. The van der Waals surface area contributed by atoms with E-state index in [9.17, 15) is 4.79 Å². The van der Waals surface area contributed by atoms with Crippen LogP contribution in [-0.2, 0) is 6.61 Å². The van der Waals surface area contributed by atoms with E-state index in [1.807, 2.05) is 19.1 Å². The van der Waals surface area contributed by atoms with Crippen LogP contribution in [0.2, 0.25) is 0 Å². The summed E-state index contributed by atoms with van der Waals surface area (Å²) in [7, 11) is 0. The fraction of sp³-hybridized carbons (Fsp3) is 0.267. The molecule has 0 saturated heterocycles. The first kappa shape index (κ1) is 13.4. The fourth-order valence-electron chi connectivity index (χ4n) is 2.06. The van der Waals surface area contributed by atoms with Crippen LogP contribution in [0.25, 0.3) is 11.0 Å². The minimum atomic E-state index is -0.329. The predicted octanol–water partition coefficient (Wildman–Crippen LogP) is 2.68. The summed E-state index contributed by atoms with van der Waals surface area (Å²) in [5.74, 6) is 1.46. The van der Waals surface area contributed by atoms with E-state index in [4.69, 9.17) is 13.6 Å². The maximum atomic E-state index is 11.7. The van der Waals surface area contributed by atoms with Crippen LogP contribution < -0.4 is 10.4 Å². The van der Waals surface area contributed by atoms with Crippen molar-refractivity contribution in [3.8, 4) is 5.75 Å². The van der Waals surface area contributed by atoms with E-state index in [0.717, 1.165) is 10.9 Å². The molecule has 1 aromatic carbocycles. The third kappa shape index (κ3) is 2.52. The second kappa shape index (κ2) is 5.05. The van der Waals surface area contributed by atoms with Gasteiger partial charge in [-0.2, -0.15) is 0 Å². The molecule has 0 bridgehead atoms. The molecular formula is C15H14N2O4. The Hall–Kier alpha value is -2.63. The van der Waals surface area contributed by atoms with Gasteiger partial charge in [0.1, 0.15) is 11.3 Å². The third-order valence-electron chi connectivity index (χ3n) is 3.36. The number of aromatic nitrogens is 2. The molecule has 0 amide bonds. The van der Waals surface area contributed by atoms with Crippen LogP contribution >= 0.6 is 0 Å². The lowest BCUT2D eigenvalue weighted by atomic mass is 10.1. The summed E-state index contributed by atoms with van der Waals surface area (Å²) in [5, 5.41) is 8.47. The quantitative estimate of drug-likeness (QED) is 0.689. The van der Waals surface area contributed by atoms with Gasteiger partial charge in [-0.05, 0) is 31.5 Å². The van der Waals surface area contributed by atoms with Gasteiger partial charge in [0.25, 0.3) is 5.89 Å². The molecule has 21 heavy (non-hydrogen) atoms. The van der Waals surface area contributed by atoms with Gasteiger partial charge in [0, 0.05) is 23.9 Å². The molecule has 0 saturated carbocycles. The van der Waals surface area contributed by atoms with E-state index in [1.165, 1.54) is 0 Å². The number of aryl methyl sites for hydroxylation is 2. The molecule has 0 fully saturated rings. The van der Waals surface area contributed by atoms with E-state index in [1.54, 1.807) is 19.9 Å². The summed E-state index contributed by atoms with van der Waals surface area (Å²) in [6, 6.07) is 5.37. The molecule has 0 N–H and O–H groups in total. The number of rotatable bonds is 3. The summed E-state index contributed by atoms with van der Waals surface area (Å²) in [5.41, 5.74) is 1.71. The first-order chi connectivity index (χ1) is 10.0. The van der Waals surface area contributed by atoms with Crippen LogP contribution in [-0.4, -0.2) is 10.2 Å². The van der Waals surface area contributed by atoms with Gasteiger partial charge < -0.3 is 13.6 Å². The standard InChI is InChI=1S/C15H14N2O4/c1-8-9(2)15(18)21-13-6-11(4-5-12(8)13)19-7-14-17-16-10(3)20-14/h4-6H,7H2,1-3H3. The second-order valence-corrected chi connectivity index (χ2v) is 4.80. The Balaban J connectivity index is 1.90. The van der Waals surface area contributed by atoms with Gasteiger partial charge in [-0.15, -0.1) is 10.2 Å². The van der Waals surface area contributed by atoms with Crippen LogP contribution in [0.5, 0.6) is 5.75 Å². The third-order valence-corrected chi connectivity index (χ3v) is 3.36. The molecule has 0 aliphatic heterocycles. The van der Waals surface area contributed by atoms with Crippen molar-refractivity contribution in [2.24, 2.45) is 0 Å². The van der Waals surface area contributed by atoms with Crippen molar-refractivity contribution in [2.45, 2.75) is 27.4 Å².